The van der Waals surface area contributed by atoms with Gasteiger partial charge in [0.25, 0.3) is 0 Å². The summed E-state index contributed by atoms with van der Waals surface area (Å²) in [7, 11) is 0. The Morgan fingerprint density at radius 2 is 2.07 bits per heavy atom. The van der Waals surface area contributed by atoms with Gasteiger partial charge >= 0.3 is 0 Å². The molecule has 0 fully saturated rings. The van der Waals surface area contributed by atoms with E-state index in [9.17, 15) is 4.79 Å². The molecule has 82 valence electrons. The Hall–Kier alpha value is -1.35. The highest BCUT2D eigenvalue weighted by Crippen LogP contribution is 2.09. The van der Waals surface area contributed by atoms with Crippen molar-refractivity contribution in [3.63, 3.8) is 0 Å². The molecule has 0 spiro atoms. The second kappa shape index (κ2) is 4.94. The van der Waals surface area contributed by atoms with Crippen LogP contribution in [0.1, 0.15) is 23.6 Å². The van der Waals surface area contributed by atoms with Crippen LogP contribution in [-0.4, -0.2) is 17.1 Å². The second-order valence-corrected chi connectivity index (χ2v) is 3.81. The molecule has 0 bridgehead atoms. The molecule has 0 aliphatic heterocycles. The van der Waals surface area contributed by atoms with E-state index in [1.54, 1.807) is 0 Å². The number of nitrogens with one attached hydrogen (secondary N) is 1. The van der Waals surface area contributed by atoms with Crippen molar-refractivity contribution in [3.8, 4) is 0 Å². The number of aliphatic hydroxyl groups is 1. The van der Waals surface area contributed by atoms with Crippen molar-refractivity contribution in [1.82, 2.24) is 5.32 Å². The molecule has 3 heteroatoms. The van der Waals surface area contributed by atoms with E-state index in [4.69, 9.17) is 5.11 Å². The van der Waals surface area contributed by atoms with Crippen LogP contribution in [0.25, 0.3) is 0 Å². The lowest BCUT2D eigenvalue weighted by molar-refractivity contribution is -0.128. The van der Waals surface area contributed by atoms with E-state index in [1.165, 1.54) is 18.1 Å². The van der Waals surface area contributed by atoms with Gasteiger partial charge in [0, 0.05) is 6.54 Å². The number of rotatable bonds is 3. The van der Waals surface area contributed by atoms with Crippen LogP contribution in [0.15, 0.2) is 18.2 Å². The van der Waals surface area contributed by atoms with Crippen molar-refractivity contribution in [2.24, 2.45) is 0 Å². The third-order valence-corrected chi connectivity index (χ3v) is 2.42. The predicted molar refractivity (Wildman–Crippen MR) is 59.4 cm³/mol. The Kier molecular flexibility index (Phi) is 3.86. The summed E-state index contributed by atoms with van der Waals surface area (Å²) in [6.45, 7) is 6.00. The Bertz CT molecular complexity index is 359. The normalized spacial score (nSPS) is 12.3. The van der Waals surface area contributed by atoms with Gasteiger partial charge in [0.05, 0.1) is 0 Å². The summed E-state index contributed by atoms with van der Waals surface area (Å²) in [6, 6.07) is 6.04. The molecule has 1 aromatic rings. The number of hydrogen-bond donors (Lipinski definition) is 2. The zero-order chi connectivity index (χ0) is 11.4. The molecule has 0 heterocycles. The summed E-state index contributed by atoms with van der Waals surface area (Å²) >= 11 is 0. The third-order valence-electron chi connectivity index (χ3n) is 2.42. The molecular formula is C12H17NO2. The second-order valence-electron chi connectivity index (χ2n) is 3.81. The summed E-state index contributed by atoms with van der Waals surface area (Å²) in [5.41, 5.74) is 3.49. The molecule has 0 saturated heterocycles. The van der Waals surface area contributed by atoms with Crippen LogP contribution in [0.5, 0.6) is 0 Å². The van der Waals surface area contributed by atoms with Crippen molar-refractivity contribution in [3.05, 3.63) is 34.9 Å². The SMILES string of the molecule is Cc1ccc(CNC(=O)C(C)O)cc1C. The minimum atomic E-state index is -0.948. The van der Waals surface area contributed by atoms with Crippen molar-refractivity contribution < 1.29 is 9.90 Å². The fourth-order valence-electron chi connectivity index (χ4n) is 1.25. The number of amides is 1. The number of carbonyl (C=O) groups excluding carboxylic acids is 1. The Morgan fingerprint density at radius 1 is 1.40 bits per heavy atom. The van der Waals surface area contributed by atoms with Crippen LogP contribution in [0.2, 0.25) is 0 Å². The molecule has 0 aromatic heterocycles. The van der Waals surface area contributed by atoms with Crippen molar-refractivity contribution in [2.45, 2.75) is 33.4 Å². The highest BCUT2D eigenvalue weighted by Gasteiger charge is 2.07. The van der Waals surface area contributed by atoms with Gasteiger partial charge in [-0.1, -0.05) is 18.2 Å². The van der Waals surface area contributed by atoms with Gasteiger partial charge in [-0.15, -0.1) is 0 Å². The predicted octanol–water partition coefficient (Wildman–Crippen LogP) is 1.30. The van der Waals surface area contributed by atoms with Crippen LogP contribution >= 0.6 is 0 Å². The van der Waals surface area contributed by atoms with Gasteiger partial charge < -0.3 is 10.4 Å². The molecule has 1 rings (SSSR count). The van der Waals surface area contributed by atoms with Crippen molar-refractivity contribution in [1.29, 1.82) is 0 Å². The quantitative estimate of drug-likeness (QED) is 0.785. The topological polar surface area (TPSA) is 49.3 Å². The summed E-state index contributed by atoms with van der Waals surface area (Å²) < 4.78 is 0. The zero-order valence-corrected chi connectivity index (χ0v) is 9.37. The van der Waals surface area contributed by atoms with Gasteiger partial charge in [0.15, 0.2) is 0 Å². The van der Waals surface area contributed by atoms with Gasteiger partial charge in [-0.3, -0.25) is 4.79 Å². The smallest absolute Gasteiger partial charge is 0.248 e. The molecule has 0 saturated carbocycles. The molecule has 2 N–H and O–H groups in total. The number of aliphatic hydroxyl groups excluding tert-OH is 1. The van der Waals surface area contributed by atoms with E-state index in [0.717, 1.165) is 5.56 Å². The lowest BCUT2D eigenvalue weighted by atomic mass is 10.1. The van der Waals surface area contributed by atoms with E-state index >= 15 is 0 Å². The summed E-state index contributed by atoms with van der Waals surface area (Å²) in [5, 5.41) is 11.6. The Balaban J connectivity index is 2.58. The van der Waals surface area contributed by atoms with E-state index in [-0.39, 0.29) is 5.91 Å². The maximum absolute atomic E-state index is 11.1. The summed E-state index contributed by atoms with van der Waals surface area (Å²) in [5.74, 6) is -0.340. The average Bonchev–Trinajstić information content (AvgIpc) is 2.19. The van der Waals surface area contributed by atoms with Crippen LogP contribution in [-0.2, 0) is 11.3 Å². The number of hydrogen-bond acceptors (Lipinski definition) is 2. The first-order valence-corrected chi connectivity index (χ1v) is 5.02. The van der Waals surface area contributed by atoms with Crippen molar-refractivity contribution in [2.75, 3.05) is 0 Å². The molecule has 1 amide bonds. The van der Waals surface area contributed by atoms with E-state index in [1.807, 2.05) is 32.0 Å². The first-order valence-electron chi connectivity index (χ1n) is 5.02. The molecular weight excluding hydrogens is 190 g/mol. The monoisotopic (exact) mass is 207 g/mol. The lowest BCUT2D eigenvalue weighted by Gasteiger charge is -2.08. The van der Waals surface area contributed by atoms with Gasteiger partial charge in [-0.2, -0.15) is 0 Å². The minimum Gasteiger partial charge on any atom is -0.384 e. The Labute approximate surface area is 90.1 Å². The molecule has 0 aliphatic carbocycles. The van der Waals surface area contributed by atoms with Gasteiger partial charge in [0.1, 0.15) is 6.10 Å². The van der Waals surface area contributed by atoms with Gasteiger partial charge in [-0.05, 0) is 37.5 Å². The molecule has 0 aliphatic rings. The number of benzene rings is 1. The Morgan fingerprint density at radius 3 is 2.60 bits per heavy atom. The van der Waals surface area contributed by atoms with Gasteiger partial charge in [-0.25, -0.2) is 0 Å². The molecule has 15 heavy (non-hydrogen) atoms. The highest BCUT2D eigenvalue weighted by molar-refractivity contribution is 5.79. The van der Waals surface area contributed by atoms with Crippen LogP contribution in [0.4, 0.5) is 0 Å². The highest BCUT2D eigenvalue weighted by atomic mass is 16.3. The van der Waals surface area contributed by atoms with Crippen LogP contribution in [0.3, 0.4) is 0 Å². The molecule has 3 nitrogen and oxygen atoms in total. The molecule has 1 atom stereocenters. The van der Waals surface area contributed by atoms with E-state index < -0.39 is 6.10 Å². The summed E-state index contributed by atoms with van der Waals surface area (Å²) in [6.07, 6.45) is -0.948. The fraction of sp³-hybridized carbons (Fsp3) is 0.417. The largest absolute Gasteiger partial charge is 0.384 e. The first-order chi connectivity index (χ1) is 7.00. The van der Waals surface area contributed by atoms with Gasteiger partial charge in [0.2, 0.25) is 5.91 Å². The minimum absolute atomic E-state index is 0.340. The average molecular weight is 207 g/mol. The zero-order valence-electron chi connectivity index (χ0n) is 9.37. The van der Waals surface area contributed by atoms with E-state index in [0.29, 0.717) is 6.54 Å². The van der Waals surface area contributed by atoms with Crippen LogP contribution < -0.4 is 5.32 Å². The molecule has 1 unspecified atom stereocenters. The fourth-order valence-corrected chi connectivity index (χ4v) is 1.25. The first kappa shape index (κ1) is 11.7. The number of carbonyl (C=O) groups is 1. The lowest BCUT2D eigenvalue weighted by Crippen LogP contribution is -2.31. The summed E-state index contributed by atoms with van der Waals surface area (Å²) in [4.78, 5) is 11.1. The maximum atomic E-state index is 11.1. The molecule has 1 aromatic carbocycles. The van der Waals surface area contributed by atoms with Crippen LogP contribution in [0, 0.1) is 13.8 Å². The van der Waals surface area contributed by atoms with Crippen molar-refractivity contribution >= 4 is 5.91 Å². The third kappa shape index (κ3) is 3.36. The van der Waals surface area contributed by atoms with E-state index in [2.05, 4.69) is 5.32 Å². The number of aryl methyl sites for hydroxylation is 2. The standard InChI is InChI=1S/C12H17NO2/c1-8-4-5-11(6-9(8)2)7-13-12(15)10(3)14/h4-6,10,14H,7H2,1-3H3,(H,13,15). The maximum Gasteiger partial charge on any atom is 0.248 e. The molecule has 0 radical (unpaired) electrons.